The van der Waals surface area contributed by atoms with Crippen LogP contribution in [0.5, 0.6) is 0 Å². The van der Waals surface area contributed by atoms with Crippen molar-refractivity contribution in [2.45, 2.75) is 19.3 Å². The fraction of sp³-hybridized carbons (Fsp3) is 0.400. The van der Waals surface area contributed by atoms with Crippen molar-refractivity contribution in [1.29, 1.82) is 5.26 Å². The molecule has 0 saturated heterocycles. The highest BCUT2D eigenvalue weighted by atomic mass is 16.3. The first-order valence-corrected chi connectivity index (χ1v) is 4.08. The van der Waals surface area contributed by atoms with Gasteiger partial charge in [-0.05, 0) is 12.1 Å². The Hall–Kier alpha value is -1.40. The lowest BCUT2D eigenvalue weighted by Gasteiger charge is -2.20. The van der Waals surface area contributed by atoms with Gasteiger partial charge < -0.3 is 5.11 Å². The molecule has 0 aromatic carbocycles. The monoisotopic (exact) mass is 176 g/mol. The van der Waals surface area contributed by atoms with Crippen molar-refractivity contribution >= 4 is 0 Å². The lowest BCUT2D eigenvalue weighted by molar-refractivity contribution is 0.215. The van der Waals surface area contributed by atoms with Gasteiger partial charge in [-0.1, -0.05) is 19.9 Å². The minimum Gasteiger partial charge on any atom is -0.395 e. The molecule has 13 heavy (non-hydrogen) atoms. The van der Waals surface area contributed by atoms with Crippen molar-refractivity contribution in [3.05, 3.63) is 29.6 Å². The number of nitriles is 1. The summed E-state index contributed by atoms with van der Waals surface area (Å²) in [5, 5.41) is 17.7. The van der Waals surface area contributed by atoms with Crippen LogP contribution in [0.1, 0.15) is 25.2 Å². The standard InChI is InChI=1S/C10H12N2O/c1-10(2,7-13)9-5-3-4-8(6-11)12-9/h3-5,13H,7H2,1-2H3. The Bertz CT molecular complexity index is 339. The van der Waals surface area contributed by atoms with Gasteiger partial charge in [0.1, 0.15) is 11.8 Å². The summed E-state index contributed by atoms with van der Waals surface area (Å²) in [6.07, 6.45) is 0. The minimum atomic E-state index is -0.382. The van der Waals surface area contributed by atoms with Gasteiger partial charge in [0.25, 0.3) is 0 Å². The predicted molar refractivity (Wildman–Crippen MR) is 49.1 cm³/mol. The first-order chi connectivity index (χ1) is 6.10. The van der Waals surface area contributed by atoms with Crippen molar-refractivity contribution < 1.29 is 5.11 Å². The SMILES string of the molecule is CC(C)(CO)c1cccc(C#N)n1. The number of rotatable bonds is 2. The van der Waals surface area contributed by atoms with Crippen molar-refractivity contribution in [1.82, 2.24) is 4.98 Å². The molecule has 3 nitrogen and oxygen atoms in total. The van der Waals surface area contributed by atoms with E-state index in [0.717, 1.165) is 5.69 Å². The van der Waals surface area contributed by atoms with Gasteiger partial charge in [0, 0.05) is 11.1 Å². The summed E-state index contributed by atoms with van der Waals surface area (Å²) in [7, 11) is 0. The molecule has 0 aliphatic carbocycles. The minimum absolute atomic E-state index is 0.0227. The highest BCUT2D eigenvalue weighted by Crippen LogP contribution is 2.19. The third-order valence-electron chi connectivity index (χ3n) is 1.95. The van der Waals surface area contributed by atoms with Crippen LogP contribution >= 0.6 is 0 Å². The van der Waals surface area contributed by atoms with Crippen LogP contribution in [-0.4, -0.2) is 16.7 Å². The van der Waals surface area contributed by atoms with Gasteiger partial charge in [-0.15, -0.1) is 0 Å². The van der Waals surface area contributed by atoms with Gasteiger partial charge in [0.15, 0.2) is 0 Å². The molecule has 1 heterocycles. The van der Waals surface area contributed by atoms with E-state index >= 15 is 0 Å². The van der Waals surface area contributed by atoms with Crippen LogP contribution in [0, 0.1) is 11.3 Å². The van der Waals surface area contributed by atoms with E-state index in [0.29, 0.717) is 5.69 Å². The van der Waals surface area contributed by atoms with Crippen LogP contribution in [0.4, 0.5) is 0 Å². The summed E-state index contributed by atoms with van der Waals surface area (Å²) in [6, 6.07) is 7.21. The molecule has 0 fully saturated rings. The van der Waals surface area contributed by atoms with Gasteiger partial charge in [0.2, 0.25) is 0 Å². The zero-order chi connectivity index (χ0) is 9.90. The second kappa shape index (κ2) is 3.55. The number of aliphatic hydroxyl groups excluding tert-OH is 1. The van der Waals surface area contributed by atoms with Crippen LogP contribution in [0.25, 0.3) is 0 Å². The quantitative estimate of drug-likeness (QED) is 0.737. The molecule has 0 aliphatic heterocycles. The second-order valence-electron chi connectivity index (χ2n) is 3.56. The third kappa shape index (κ3) is 2.04. The van der Waals surface area contributed by atoms with Gasteiger partial charge in [-0.2, -0.15) is 5.26 Å². The Morgan fingerprint density at radius 2 is 2.23 bits per heavy atom. The Labute approximate surface area is 77.7 Å². The van der Waals surface area contributed by atoms with E-state index in [-0.39, 0.29) is 12.0 Å². The van der Waals surface area contributed by atoms with Crippen LogP contribution in [0.15, 0.2) is 18.2 Å². The van der Waals surface area contributed by atoms with E-state index < -0.39 is 0 Å². The maximum Gasteiger partial charge on any atom is 0.140 e. The molecule has 0 aliphatic rings. The lowest BCUT2D eigenvalue weighted by atomic mass is 9.90. The van der Waals surface area contributed by atoms with Crippen LogP contribution in [0.2, 0.25) is 0 Å². The van der Waals surface area contributed by atoms with Gasteiger partial charge >= 0.3 is 0 Å². The molecule has 0 bridgehead atoms. The first kappa shape index (κ1) is 9.69. The molecule has 0 unspecified atom stereocenters. The van der Waals surface area contributed by atoms with E-state index in [1.165, 1.54) is 0 Å². The first-order valence-electron chi connectivity index (χ1n) is 4.08. The normalized spacial score (nSPS) is 10.9. The second-order valence-corrected chi connectivity index (χ2v) is 3.56. The zero-order valence-electron chi connectivity index (χ0n) is 7.78. The van der Waals surface area contributed by atoms with E-state index in [9.17, 15) is 0 Å². The molecule has 0 saturated carbocycles. The third-order valence-corrected chi connectivity index (χ3v) is 1.95. The van der Waals surface area contributed by atoms with E-state index in [2.05, 4.69) is 4.98 Å². The largest absolute Gasteiger partial charge is 0.395 e. The smallest absolute Gasteiger partial charge is 0.140 e. The summed E-state index contributed by atoms with van der Waals surface area (Å²) < 4.78 is 0. The molecule has 1 rings (SSSR count). The number of aromatic nitrogens is 1. The maximum atomic E-state index is 9.09. The topological polar surface area (TPSA) is 56.9 Å². The van der Waals surface area contributed by atoms with Crippen molar-refractivity contribution in [3.63, 3.8) is 0 Å². The summed E-state index contributed by atoms with van der Waals surface area (Å²) in [4.78, 5) is 4.11. The van der Waals surface area contributed by atoms with Crippen molar-refractivity contribution in [2.75, 3.05) is 6.61 Å². The Morgan fingerprint density at radius 1 is 1.54 bits per heavy atom. The molecule has 1 N–H and O–H groups in total. The van der Waals surface area contributed by atoms with Crippen LogP contribution in [0.3, 0.4) is 0 Å². The zero-order valence-corrected chi connectivity index (χ0v) is 7.78. The van der Waals surface area contributed by atoms with E-state index in [1.807, 2.05) is 26.0 Å². The molecule has 0 radical (unpaired) electrons. The molecule has 3 heteroatoms. The highest BCUT2D eigenvalue weighted by Gasteiger charge is 2.20. The number of hydrogen-bond donors (Lipinski definition) is 1. The molecule has 1 aromatic rings. The molecule has 0 atom stereocenters. The Kier molecular flexibility index (Phi) is 2.64. The van der Waals surface area contributed by atoms with Crippen molar-refractivity contribution in [2.24, 2.45) is 0 Å². The number of pyridine rings is 1. The molecular weight excluding hydrogens is 164 g/mol. The van der Waals surface area contributed by atoms with Gasteiger partial charge in [-0.25, -0.2) is 4.98 Å². The predicted octanol–water partition coefficient (Wildman–Crippen LogP) is 1.22. The molecule has 1 aromatic heterocycles. The van der Waals surface area contributed by atoms with Gasteiger partial charge in [0.05, 0.1) is 6.61 Å². The fourth-order valence-electron chi connectivity index (χ4n) is 0.955. The summed E-state index contributed by atoms with van der Waals surface area (Å²) >= 11 is 0. The van der Waals surface area contributed by atoms with Crippen molar-refractivity contribution in [3.8, 4) is 6.07 Å². The molecule has 68 valence electrons. The number of aliphatic hydroxyl groups is 1. The fourth-order valence-corrected chi connectivity index (χ4v) is 0.955. The van der Waals surface area contributed by atoms with Crippen LogP contribution in [-0.2, 0) is 5.41 Å². The Morgan fingerprint density at radius 3 is 2.77 bits per heavy atom. The molecule has 0 spiro atoms. The maximum absolute atomic E-state index is 9.09. The average molecular weight is 176 g/mol. The summed E-state index contributed by atoms with van der Waals surface area (Å²) in [5.41, 5.74) is 0.750. The molecular formula is C10H12N2O. The van der Waals surface area contributed by atoms with E-state index in [1.54, 1.807) is 12.1 Å². The number of hydrogen-bond acceptors (Lipinski definition) is 3. The summed E-state index contributed by atoms with van der Waals surface area (Å²) in [5.74, 6) is 0. The van der Waals surface area contributed by atoms with E-state index in [4.69, 9.17) is 10.4 Å². The highest BCUT2D eigenvalue weighted by molar-refractivity contribution is 5.25. The molecule has 0 amide bonds. The number of nitrogens with zero attached hydrogens (tertiary/aromatic N) is 2. The summed E-state index contributed by atoms with van der Waals surface area (Å²) in [6.45, 7) is 3.79. The van der Waals surface area contributed by atoms with Gasteiger partial charge in [-0.3, -0.25) is 0 Å². The van der Waals surface area contributed by atoms with Crippen LogP contribution < -0.4 is 0 Å². The average Bonchev–Trinajstić information content (AvgIpc) is 2.18. The lowest BCUT2D eigenvalue weighted by Crippen LogP contribution is -2.23. The Balaban J connectivity index is 3.10.